The number of amides is 1. The third kappa shape index (κ3) is 6.26. The summed E-state index contributed by atoms with van der Waals surface area (Å²) in [6.07, 6.45) is 0.899. The highest BCUT2D eigenvalue weighted by Crippen LogP contribution is 2.17. The summed E-state index contributed by atoms with van der Waals surface area (Å²) < 4.78 is 0. The molecule has 1 aromatic rings. The van der Waals surface area contributed by atoms with E-state index >= 15 is 0 Å². The molecule has 0 unspecified atom stereocenters. The maximum atomic E-state index is 11.8. The molecule has 118 valence electrons. The molecule has 0 saturated heterocycles. The van der Waals surface area contributed by atoms with E-state index in [1.54, 1.807) is 11.3 Å². The van der Waals surface area contributed by atoms with E-state index < -0.39 is 6.04 Å². The van der Waals surface area contributed by atoms with Crippen LogP contribution in [-0.4, -0.2) is 31.0 Å². The quantitative estimate of drug-likeness (QED) is 0.829. The molecule has 1 aromatic heterocycles. The van der Waals surface area contributed by atoms with E-state index in [4.69, 9.17) is 5.73 Å². The van der Waals surface area contributed by atoms with Crippen LogP contribution in [0.3, 0.4) is 0 Å². The molecule has 1 heterocycles. The SMILES string of the molecule is CC[C@H](C)[C@H](N)C(=O)NCc1csc(N(C)C)n1.Cl.Cl. The van der Waals surface area contributed by atoms with Crippen molar-refractivity contribution in [1.29, 1.82) is 0 Å². The predicted octanol–water partition coefficient (Wildman–Crippen LogP) is 2.04. The first-order valence-corrected chi connectivity index (χ1v) is 6.98. The zero-order valence-corrected chi connectivity index (χ0v) is 14.7. The van der Waals surface area contributed by atoms with Gasteiger partial charge in [0.05, 0.1) is 18.3 Å². The van der Waals surface area contributed by atoms with Crippen molar-refractivity contribution in [2.45, 2.75) is 32.9 Å². The van der Waals surface area contributed by atoms with Gasteiger partial charge in [0, 0.05) is 19.5 Å². The van der Waals surface area contributed by atoms with Gasteiger partial charge < -0.3 is 16.0 Å². The Morgan fingerprint density at radius 1 is 1.50 bits per heavy atom. The summed E-state index contributed by atoms with van der Waals surface area (Å²) in [6, 6.07) is -0.443. The summed E-state index contributed by atoms with van der Waals surface area (Å²) in [7, 11) is 3.89. The fraction of sp³-hybridized carbons (Fsp3) is 0.667. The number of anilines is 1. The number of halogens is 2. The predicted molar refractivity (Wildman–Crippen MR) is 90.2 cm³/mol. The fourth-order valence-electron chi connectivity index (χ4n) is 1.39. The van der Waals surface area contributed by atoms with Crippen LogP contribution < -0.4 is 16.0 Å². The molecule has 8 heteroatoms. The van der Waals surface area contributed by atoms with Crippen LogP contribution in [0, 0.1) is 5.92 Å². The highest BCUT2D eigenvalue weighted by Gasteiger charge is 2.19. The van der Waals surface area contributed by atoms with Gasteiger partial charge in [0.1, 0.15) is 0 Å². The maximum absolute atomic E-state index is 11.8. The third-order valence-electron chi connectivity index (χ3n) is 2.93. The number of rotatable bonds is 6. The second kappa shape index (κ2) is 10.2. The average molecular weight is 343 g/mol. The molecule has 1 rings (SSSR count). The first kappa shape index (κ1) is 21.7. The van der Waals surface area contributed by atoms with Gasteiger partial charge in [0.15, 0.2) is 5.13 Å². The number of hydrogen-bond acceptors (Lipinski definition) is 5. The van der Waals surface area contributed by atoms with Crippen molar-refractivity contribution in [3.63, 3.8) is 0 Å². The monoisotopic (exact) mass is 342 g/mol. The molecule has 0 spiro atoms. The topological polar surface area (TPSA) is 71.2 Å². The van der Waals surface area contributed by atoms with Crippen LogP contribution in [-0.2, 0) is 11.3 Å². The molecule has 20 heavy (non-hydrogen) atoms. The molecule has 0 aromatic carbocycles. The Kier molecular flexibility index (Phi) is 11.1. The van der Waals surface area contributed by atoms with Crippen molar-refractivity contribution >= 4 is 47.2 Å². The molecule has 0 aliphatic heterocycles. The Balaban J connectivity index is 0. The summed E-state index contributed by atoms with van der Waals surface area (Å²) in [5, 5.41) is 5.71. The molecule has 0 aliphatic carbocycles. The van der Waals surface area contributed by atoms with Gasteiger partial charge in [-0.15, -0.1) is 36.2 Å². The van der Waals surface area contributed by atoms with Crippen molar-refractivity contribution in [3.05, 3.63) is 11.1 Å². The summed E-state index contributed by atoms with van der Waals surface area (Å²) in [5.41, 5.74) is 6.72. The zero-order valence-electron chi connectivity index (χ0n) is 12.3. The highest BCUT2D eigenvalue weighted by molar-refractivity contribution is 7.13. The van der Waals surface area contributed by atoms with Crippen LogP contribution in [0.2, 0.25) is 0 Å². The Hall–Kier alpha value is -0.560. The van der Waals surface area contributed by atoms with E-state index in [1.165, 1.54) is 0 Å². The van der Waals surface area contributed by atoms with Gasteiger partial charge >= 0.3 is 0 Å². The second-order valence-electron chi connectivity index (χ2n) is 4.64. The molecule has 0 bridgehead atoms. The number of hydrogen-bond donors (Lipinski definition) is 2. The summed E-state index contributed by atoms with van der Waals surface area (Å²) in [6.45, 7) is 4.45. The number of carbonyl (C=O) groups is 1. The lowest BCUT2D eigenvalue weighted by molar-refractivity contribution is -0.123. The van der Waals surface area contributed by atoms with Gasteiger partial charge in [0.25, 0.3) is 0 Å². The molecule has 1 amide bonds. The summed E-state index contributed by atoms with van der Waals surface area (Å²) in [5.74, 6) is 0.0847. The van der Waals surface area contributed by atoms with Crippen molar-refractivity contribution in [3.8, 4) is 0 Å². The van der Waals surface area contributed by atoms with E-state index in [-0.39, 0.29) is 36.6 Å². The van der Waals surface area contributed by atoms with Crippen LogP contribution in [0.25, 0.3) is 0 Å². The van der Waals surface area contributed by atoms with Gasteiger partial charge in [-0.25, -0.2) is 4.98 Å². The van der Waals surface area contributed by atoms with Gasteiger partial charge in [0.2, 0.25) is 5.91 Å². The average Bonchev–Trinajstić information content (AvgIpc) is 2.82. The highest BCUT2D eigenvalue weighted by atomic mass is 35.5. The minimum atomic E-state index is -0.443. The second-order valence-corrected chi connectivity index (χ2v) is 5.48. The lowest BCUT2D eigenvalue weighted by Crippen LogP contribution is -2.44. The molecule has 3 N–H and O–H groups in total. The Morgan fingerprint density at radius 2 is 2.10 bits per heavy atom. The van der Waals surface area contributed by atoms with Crippen LogP contribution in [0.5, 0.6) is 0 Å². The number of nitrogens with two attached hydrogens (primary N) is 1. The van der Waals surface area contributed by atoms with Crippen molar-refractivity contribution in [1.82, 2.24) is 10.3 Å². The van der Waals surface area contributed by atoms with Crippen molar-refractivity contribution in [2.24, 2.45) is 11.7 Å². The molecule has 5 nitrogen and oxygen atoms in total. The standard InChI is InChI=1S/C12H22N4OS.2ClH/c1-5-8(2)10(13)11(17)14-6-9-7-18-12(15-9)16(3)4;;/h7-8,10H,5-6,13H2,1-4H3,(H,14,17);2*1H/t8-,10-;;/m0../s1. The van der Waals surface area contributed by atoms with Gasteiger partial charge in [-0.3, -0.25) is 4.79 Å². The summed E-state index contributed by atoms with van der Waals surface area (Å²) in [4.78, 5) is 18.1. The molecule has 0 radical (unpaired) electrons. The Labute approximate surface area is 137 Å². The van der Waals surface area contributed by atoms with Gasteiger partial charge in [-0.1, -0.05) is 20.3 Å². The number of carbonyl (C=O) groups excluding carboxylic acids is 1. The molecule has 0 aliphatic rings. The fourth-order valence-corrected chi connectivity index (χ4v) is 2.15. The van der Waals surface area contributed by atoms with Crippen LogP contribution in [0.15, 0.2) is 5.38 Å². The Bertz CT molecular complexity index is 401. The number of thiazole rings is 1. The maximum Gasteiger partial charge on any atom is 0.237 e. The van der Waals surface area contributed by atoms with E-state index in [0.29, 0.717) is 6.54 Å². The van der Waals surface area contributed by atoms with Crippen LogP contribution in [0.1, 0.15) is 26.0 Å². The van der Waals surface area contributed by atoms with E-state index in [2.05, 4.69) is 10.3 Å². The van der Waals surface area contributed by atoms with Crippen molar-refractivity contribution in [2.75, 3.05) is 19.0 Å². The van der Waals surface area contributed by atoms with Crippen LogP contribution in [0.4, 0.5) is 5.13 Å². The number of aromatic nitrogens is 1. The van der Waals surface area contributed by atoms with Crippen molar-refractivity contribution < 1.29 is 4.79 Å². The van der Waals surface area contributed by atoms with E-state index in [9.17, 15) is 4.79 Å². The van der Waals surface area contributed by atoms with E-state index in [1.807, 2.05) is 38.2 Å². The molecular formula is C12H24Cl2N4OS. The molecule has 2 atom stereocenters. The minimum absolute atomic E-state index is 0. The molecule has 0 fully saturated rings. The lowest BCUT2D eigenvalue weighted by atomic mass is 9.99. The van der Waals surface area contributed by atoms with Crippen LogP contribution >= 0.6 is 36.2 Å². The minimum Gasteiger partial charge on any atom is -0.354 e. The first-order valence-electron chi connectivity index (χ1n) is 6.10. The Morgan fingerprint density at radius 3 is 2.55 bits per heavy atom. The van der Waals surface area contributed by atoms with Gasteiger partial charge in [-0.2, -0.15) is 0 Å². The normalized spacial score (nSPS) is 12.7. The smallest absolute Gasteiger partial charge is 0.237 e. The van der Waals surface area contributed by atoms with E-state index in [0.717, 1.165) is 17.2 Å². The molecule has 0 saturated carbocycles. The first-order chi connectivity index (χ1) is 8.45. The lowest BCUT2D eigenvalue weighted by Gasteiger charge is -2.17. The zero-order chi connectivity index (χ0) is 13.7. The number of nitrogens with zero attached hydrogens (tertiary/aromatic N) is 2. The largest absolute Gasteiger partial charge is 0.354 e. The van der Waals surface area contributed by atoms with Gasteiger partial charge in [-0.05, 0) is 5.92 Å². The molecular weight excluding hydrogens is 319 g/mol. The third-order valence-corrected chi connectivity index (χ3v) is 3.98. The summed E-state index contributed by atoms with van der Waals surface area (Å²) >= 11 is 1.56. The number of nitrogens with one attached hydrogen (secondary N) is 1.